The van der Waals surface area contributed by atoms with Gasteiger partial charge in [0.2, 0.25) is 11.9 Å². The number of hydrogen-bond acceptors (Lipinski definition) is 8. The van der Waals surface area contributed by atoms with Crippen LogP contribution in [0.1, 0.15) is 18.4 Å². The summed E-state index contributed by atoms with van der Waals surface area (Å²) in [6.07, 6.45) is 4.63. The van der Waals surface area contributed by atoms with Gasteiger partial charge in [-0.25, -0.2) is 9.78 Å². The van der Waals surface area contributed by atoms with Crippen LogP contribution in [0.25, 0.3) is 0 Å². The number of amides is 3. The van der Waals surface area contributed by atoms with E-state index in [1.807, 2.05) is 6.07 Å². The first-order valence-corrected chi connectivity index (χ1v) is 12.3. The molecule has 2 aromatic carbocycles. The minimum absolute atomic E-state index is 0.00170. The lowest BCUT2D eigenvalue weighted by Crippen LogP contribution is -2.56. The van der Waals surface area contributed by atoms with Crippen LogP contribution in [0.3, 0.4) is 0 Å². The van der Waals surface area contributed by atoms with Crippen LogP contribution in [-0.2, 0) is 11.3 Å². The predicted octanol–water partition coefficient (Wildman–Crippen LogP) is 3.76. The summed E-state index contributed by atoms with van der Waals surface area (Å²) >= 11 is 0. The fourth-order valence-corrected chi connectivity index (χ4v) is 4.67. The fourth-order valence-electron chi connectivity index (χ4n) is 4.67. The maximum absolute atomic E-state index is 13.9. The first-order valence-electron chi connectivity index (χ1n) is 12.3. The molecule has 1 atom stereocenters. The predicted molar refractivity (Wildman–Crippen MR) is 145 cm³/mol. The molecule has 0 saturated carbocycles. The summed E-state index contributed by atoms with van der Waals surface area (Å²) in [4.78, 5) is 38.4. The van der Waals surface area contributed by atoms with Crippen molar-refractivity contribution < 1.29 is 19.4 Å². The fraction of sp³-hybridized carbons (Fsp3) is 0.259. The van der Waals surface area contributed by atoms with Crippen molar-refractivity contribution in [3.8, 4) is 11.5 Å². The van der Waals surface area contributed by atoms with E-state index < -0.39 is 0 Å². The lowest BCUT2D eigenvalue weighted by Gasteiger charge is -2.41. The van der Waals surface area contributed by atoms with Gasteiger partial charge < -0.3 is 25.8 Å². The number of phenols is 1. The van der Waals surface area contributed by atoms with E-state index in [2.05, 4.69) is 27.5 Å². The quantitative estimate of drug-likeness (QED) is 0.350. The standard InChI is InChI=1S/C27H29N7O4/c1-3-24(36)30-22-8-4-5-9-23(22)31-26-29-14-17-16-33(19-11-20(35)13-21(12-19)38-2)27(37)34(25(17)32-26)18-7-6-10-28-15-18/h3-5,8-9,11-14,18,28,35H,1,6-7,10,15-16H2,2H3,(H,30,36)(H,29,31,32). The molecule has 196 valence electrons. The van der Waals surface area contributed by atoms with Gasteiger partial charge in [-0.3, -0.25) is 14.6 Å². The largest absolute Gasteiger partial charge is 0.508 e. The molecule has 0 spiro atoms. The third kappa shape index (κ3) is 5.09. The van der Waals surface area contributed by atoms with E-state index in [1.54, 1.807) is 40.3 Å². The Morgan fingerprint density at radius 2 is 2.08 bits per heavy atom. The maximum Gasteiger partial charge on any atom is 0.330 e. The first kappa shape index (κ1) is 25.0. The molecular weight excluding hydrogens is 486 g/mol. The number of benzene rings is 2. The summed E-state index contributed by atoms with van der Waals surface area (Å²) in [6.45, 7) is 5.24. The number of nitrogens with zero attached hydrogens (tertiary/aromatic N) is 4. The summed E-state index contributed by atoms with van der Waals surface area (Å²) in [6, 6.07) is 11.6. The van der Waals surface area contributed by atoms with Crippen LogP contribution < -0.4 is 30.5 Å². The van der Waals surface area contributed by atoms with Gasteiger partial charge in [-0.05, 0) is 37.6 Å². The minimum Gasteiger partial charge on any atom is -0.508 e. The highest BCUT2D eigenvalue weighted by Crippen LogP contribution is 2.36. The van der Waals surface area contributed by atoms with Gasteiger partial charge in [-0.15, -0.1) is 0 Å². The van der Waals surface area contributed by atoms with E-state index >= 15 is 0 Å². The summed E-state index contributed by atoms with van der Waals surface area (Å²) < 4.78 is 5.30. The molecule has 3 amide bonds. The number of methoxy groups -OCH3 is 1. The maximum atomic E-state index is 13.9. The Morgan fingerprint density at radius 1 is 1.26 bits per heavy atom. The Bertz CT molecular complexity index is 1370. The number of fused-ring (bicyclic) bond motifs is 1. The lowest BCUT2D eigenvalue weighted by atomic mass is 10.0. The molecular formula is C27H29N7O4. The van der Waals surface area contributed by atoms with Gasteiger partial charge in [0.05, 0.1) is 36.8 Å². The van der Waals surface area contributed by atoms with Gasteiger partial charge in [0, 0.05) is 36.5 Å². The topological polar surface area (TPSA) is 132 Å². The molecule has 4 N–H and O–H groups in total. The van der Waals surface area contributed by atoms with E-state index in [1.165, 1.54) is 25.3 Å². The number of aromatic nitrogens is 2. The van der Waals surface area contributed by atoms with Crippen LogP contribution in [0.5, 0.6) is 11.5 Å². The SMILES string of the molecule is C=CC(=O)Nc1ccccc1Nc1ncc2c(n1)N(C1CCCNC1)C(=O)N(c1cc(O)cc(OC)c1)C2. The van der Waals surface area contributed by atoms with Crippen molar-refractivity contribution in [1.82, 2.24) is 15.3 Å². The highest BCUT2D eigenvalue weighted by Gasteiger charge is 2.38. The second kappa shape index (κ2) is 10.8. The van der Waals surface area contributed by atoms with Crippen molar-refractivity contribution in [2.75, 3.05) is 40.6 Å². The molecule has 1 fully saturated rings. The molecule has 11 heteroatoms. The zero-order valence-electron chi connectivity index (χ0n) is 21.0. The third-order valence-corrected chi connectivity index (χ3v) is 6.51. The normalized spacial score (nSPS) is 17.0. The first-order chi connectivity index (χ1) is 18.5. The second-order valence-electron chi connectivity index (χ2n) is 9.03. The highest BCUT2D eigenvalue weighted by atomic mass is 16.5. The Morgan fingerprint density at radius 3 is 2.82 bits per heavy atom. The summed E-state index contributed by atoms with van der Waals surface area (Å²) in [5.41, 5.74) is 2.42. The van der Waals surface area contributed by atoms with Crippen LogP contribution in [0, 0.1) is 0 Å². The third-order valence-electron chi connectivity index (χ3n) is 6.51. The number of carbonyl (C=O) groups excluding carboxylic acids is 2. The van der Waals surface area contributed by atoms with Crippen LogP contribution in [-0.4, -0.2) is 53.3 Å². The van der Waals surface area contributed by atoms with Crippen LogP contribution in [0.15, 0.2) is 61.3 Å². The monoisotopic (exact) mass is 515 g/mol. The summed E-state index contributed by atoms with van der Waals surface area (Å²) in [7, 11) is 1.51. The summed E-state index contributed by atoms with van der Waals surface area (Å²) in [5.74, 6) is 0.926. The lowest BCUT2D eigenvalue weighted by molar-refractivity contribution is -0.111. The molecule has 2 aliphatic heterocycles. The molecule has 2 aliphatic rings. The molecule has 1 saturated heterocycles. The number of urea groups is 1. The molecule has 38 heavy (non-hydrogen) atoms. The van der Waals surface area contributed by atoms with Gasteiger partial charge in [0.25, 0.3) is 0 Å². The van der Waals surface area contributed by atoms with Gasteiger partial charge >= 0.3 is 6.03 Å². The van der Waals surface area contributed by atoms with Crippen LogP contribution in [0.4, 0.5) is 33.6 Å². The van der Waals surface area contributed by atoms with E-state index in [4.69, 9.17) is 9.72 Å². The highest BCUT2D eigenvalue weighted by molar-refractivity contribution is 6.06. The molecule has 0 bridgehead atoms. The molecule has 0 radical (unpaired) electrons. The van der Waals surface area contributed by atoms with Crippen molar-refractivity contribution in [3.63, 3.8) is 0 Å². The molecule has 11 nitrogen and oxygen atoms in total. The number of ether oxygens (including phenoxy) is 1. The smallest absolute Gasteiger partial charge is 0.330 e. The van der Waals surface area contributed by atoms with Gasteiger partial charge in [-0.1, -0.05) is 18.7 Å². The van der Waals surface area contributed by atoms with E-state index in [-0.39, 0.29) is 36.2 Å². The molecule has 3 heterocycles. The number of phenolic OH excluding ortho intramolecular Hbond substituents is 1. The molecule has 1 unspecified atom stereocenters. The number of rotatable bonds is 7. The van der Waals surface area contributed by atoms with E-state index in [0.717, 1.165) is 24.9 Å². The number of piperidine rings is 1. The Balaban J connectivity index is 1.52. The Labute approximate surface area is 220 Å². The van der Waals surface area contributed by atoms with Crippen molar-refractivity contribution in [2.45, 2.75) is 25.4 Å². The number of carbonyl (C=O) groups is 2. The zero-order chi connectivity index (χ0) is 26.6. The molecule has 1 aromatic heterocycles. The number of para-hydroxylation sites is 2. The van der Waals surface area contributed by atoms with Crippen molar-refractivity contribution in [1.29, 1.82) is 0 Å². The van der Waals surface area contributed by atoms with Gasteiger partial charge in [0.1, 0.15) is 17.3 Å². The Kier molecular flexibility index (Phi) is 7.09. The van der Waals surface area contributed by atoms with Gasteiger partial charge in [-0.2, -0.15) is 4.98 Å². The number of nitrogens with one attached hydrogen (secondary N) is 3. The van der Waals surface area contributed by atoms with E-state index in [0.29, 0.717) is 35.2 Å². The van der Waals surface area contributed by atoms with Crippen molar-refractivity contribution in [2.24, 2.45) is 0 Å². The number of hydrogen-bond donors (Lipinski definition) is 4. The average Bonchev–Trinajstić information content (AvgIpc) is 2.93. The molecule has 3 aromatic rings. The number of anilines is 5. The van der Waals surface area contributed by atoms with Crippen LogP contribution >= 0.6 is 0 Å². The van der Waals surface area contributed by atoms with Crippen molar-refractivity contribution in [3.05, 3.63) is 66.9 Å². The minimum atomic E-state index is -0.337. The average molecular weight is 516 g/mol. The molecule has 5 rings (SSSR count). The van der Waals surface area contributed by atoms with Crippen LogP contribution in [0.2, 0.25) is 0 Å². The second-order valence-corrected chi connectivity index (χ2v) is 9.03. The van der Waals surface area contributed by atoms with Crippen molar-refractivity contribution >= 4 is 40.8 Å². The van der Waals surface area contributed by atoms with Gasteiger partial charge in [0.15, 0.2) is 0 Å². The number of aromatic hydroxyl groups is 1. The zero-order valence-corrected chi connectivity index (χ0v) is 21.0. The summed E-state index contributed by atoms with van der Waals surface area (Å²) in [5, 5.41) is 19.5. The Hall–Kier alpha value is -4.64. The molecule has 0 aliphatic carbocycles. The van der Waals surface area contributed by atoms with E-state index in [9.17, 15) is 14.7 Å².